The minimum Gasteiger partial charge on any atom is -0.493 e. The van der Waals surface area contributed by atoms with Gasteiger partial charge in [0.15, 0.2) is 23.9 Å². The van der Waals surface area contributed by atoms with Crippen molar-refractivity contribution in [1.82, 2.24) is 10.2 Å². The molecule has 0 unspecified atom stereocenters. The van der Waals surface area contributed by atoms with Crippen LogP contribution in [-0.2, 0) is 11.3 Å². The third kappa shape index (κ3) is 7.04. The highest BCUT2D eigenvalue weighted by molar-refractivity contribution is 5.94. The van der Waals surface area contributed by atoms with Crippen molar-refractivity contribution in [3.05, 3.63) is 59.7 Å². The fourth-order valence-electron chi connectivity index (χ4n) is 2.75. The van der Waals surface area contributed by atoms with Crippen molar-refractivity contribution in [2.75, 3.05) is 33.9 Å². The van der Waals surface area contributed by atoms with Crippen LogP contribution in [0.15, 0.2) is 48.5 Å². The van der Waals surface area contributed by atoms with Crippen molar-refractivity contribution in [3.8, 4) is 11.5 Å². The average molecular weight is 384 g/mol. The highest BCUT2D eigenvalue weighted by Gasteiger charge is 2.10. The number of carbonyl (C=O) groups is 2. The fraction of sp³-hybridized carbons (Fsp3) is 0.364. The van der Waals surface area contributed by atoms with Crippen LogP contribution in [0.4, 0.5) is 0 Å². The Balaban J connectivity index is 1.68. The molecule has 0 aromatic heterocycles. The smallest absolute Gasteiger partial charge is 0.257 e. The normalized spacial score (nSPS) is 10.6. The van der Waals surface area contributed by atoms with E-state index >= 15 is 0 Å². The first-order valence-electron chi connectivity index (χ1n) is 9.30. The van der Waals surface area contributed by atoms with Crippen LogP contribution in [0.25, 0.3) is 0 Å². The van der Waals surface area contributed by atoms with E-state index in [9.17, 15) is 9.59 Å². The van der Waals surface area contributed by atoms with E-state index < -0.39 is 0 Å². The number of ketones is 1. The van der Waals surface area contributed by atoms with E-state index in [4.69, 9.17) is 9.47 Å². The molecule has 0 saturated carbocycles. The van der Waals surface area contributed by atoms with Crippen LogP contribution in [0, 0.1) is 0 Å². The fourth-order valence-corrected chi connectivity index (χ4v) is 2.75. The molecule has 0 bridgehead atoms. The highest BCUT2D eigenvalue weighted by Crippen LogP contribution is 2.28. The first-order chi connectivity index (χ1) is 13.5. The van der Waals surface area contributed by atoms with Gasteiger partial charge in [0.25, 0.3) is 5.91 Å². The summed E-state index contributed by atoms with van der Waals surface area (Å²) in [6.45, 7) is 3.74. The lowest BCUT2D eigenvalue weighted by molar-refractivity contribution is -0.123. The Morgan fingerprint density at radius 2 is 1.82 bits per heavy atom. The zero-order chi connectivity index (χ0) is 20.4. The van der Waals surface area contributed by atoms with E-state index in [1.54, 1.807) is 18.2 Å². The third-order valence-electron chi connectivity index (χ3n) is 4.26. The van der Waals surface area contributed by atoms with Crippen molar-refractivity contribution < 1.29 is 19.1 Å². The third-order valence-corrected chi connectivity index (χ3v) is 4.26. The summed E-state index contributed by atoms with van der Waals surface area (Å²) in [5.74, 6) is 0.622. The molecule has 6 nitrogen and oxygen atoms in total. The van der Waals surface area contributed by atoms with Crippen molar-refractivity contribution in [2.24, 2.45) is 0 Å². The Bertz CT molecular complexity index is 777. The Labute approximate surface area is 166 Å². The summed E-state index contributed by atoms with van der Waals surface area (Å²) in [5.41, 5.74) is 1.81. The molecule has 2 aromatic carbocycles. The maximum atomic E-state index is 12.0. The maximum absolute atomic E-state index is 12.0. The molecule has 0 aliphatic carbocycles. The summed E-state index contributed by atoms with van der Waals surface area (Å²) in [7, 11) is 3.56. The zero-order valence-corrected chi connectivity index (χ0v) is 16.7. The Morgan fingerprint density at radius 3 is 2.50 bits per heavy atom. The second kappa shape index (κ2) is 11.1. The second-order valence-electron chi connectivity index (χ2n) is 6.64. The predicted octanol–water partition coefficient (Wildman–Crippen LogP) is 2.91. The van der Waals surface area contributed by atoms with Crippen LogP contribution in [0.2, 0.25) is 0 Å². The number of Topliss-reactive ketones (excluding diaryl/α,β-unsaturated/α-hetero) is 1. The summed E-state index contributed by atoms with van der Waals surface area (Å²) in [4.78, 5) is 25.6. The van der Waals surface area contributed by atoms with Crippen LogP contribution >= 0.6 is 0 Å². The van der Waals surface area contributed by atoms with E-state index in [0.717, 1.165) is 19.5 Å². The summed E-state index contributed by atoms with van der Waals surface area (Å²) in [6, 6.07) is 15.2. The van der Waals surface area contributed by atoms with Gasteiger partial charge in [0.1, 0.15) is 0 Å². The summed E-state index contributed by atoms with van der Waals surface area (Å²) >= 11 is 0. The Kier molecular flexibility index (Phi) is 8.49. The number of carbonyl (C=O) groups excluding carboxylic acids is 2. The van der Waals surface area contributed by atoms with Gasteiger partial charge in [0, 0.05) is 18.7 Å². The molecule has 1 amide bonds. The predicted molar refractivity (Wildman–Crippen MR) is 109 cm³/mol. The molecule has 0 fully saturated rings. The van der Waals surface area contributed by atoms with E-state index in [1.165, 1.54) is 19.6 Å². The Morgan fingerprint density at radius 1 is 1.07 bits per heavy atom. The number of ether oxygens (including phenoxy) is 2. The van der Waals surface area contributed by atoms with Gasteiger partial charge in [-0.3, -0.25) is 9.59 Å². The topological polar surface area (TPSA) is 67.9 Å². The molecule has 1 N–H and O–H groups in total. The van der Waals surface area contributed by atoms with Crippen LogP contribution in [0.1, 0.15) is 29.3 Å². The molecule has 2 aromatic rings. The quantitative estimate of drug-likeness (QED) is 0.477. The van der Waals surface area contributed by atoms with Gasteiger partial charge in [0.2, 0.25) is 0 Å². The molecular formula is C22H28N2O4. The van der Waals surface area contributed by atoms with Gasteiger partial charge in [-0.15, -0.1) is 0 Å². The number of methoxy groups -OCH3 is 1. The molecule has 0 heterocycles. The van der Waals surface area contributed by atoms with Crippen molar-refractivity contribution >= 4 is 11.7 Å². The van der Waals surface area contributed by atoms with Crippen LogP contribution < -0.4 is 14.8 Å². The van der Waals surface area contributed by atoms with Gasteiger partial charge in [-0.1, -0.05) is 30.3 Å². The Hall–Kier alpha value is -2.86. The van der Waals surface area contributed by atoms with E-state index in [-0.39, 0.29) is 18.3 Å². The molecule has 0 aliphatic rings. The van der Waals surface area contributed by atoms with Crippen LogP contribution in [0.5, 0.6) is 11.5 Å². The molecule has 28 heavy (non-hydrogen) atoms. The van der Waals surface area contributed by atoms with Gasteiger partial charge >= 0.3 is 0 Å². The number of benzene rings is 2. The SMILES string of the molecule is COc1cc(C(C)=O)ccc1OCC(=O)NCCCN(C)Cc1ccccc1. The van der Waals surface area contributed by atoms with Crippen molar-refractivity contribution in [2.45, 2.75) is 19.9 Å². The molecule has 150 valence electrons. The number of hydrogen-bond donors (Lipinski definition) is 1. The minimum atomic E-state index is -0.191. The van der Waals surface area contributed by atoms with Crippen LogP contribution in [-0.4, -0.2) is 50.4 Å². The van der Waals surface area contributed by atoms with Crippen LogP contribution in [0.3, 0.4) is 0 Å². The number of hydrogen-bond acceptors (Lipinski definition) is 5. The van der Waals surface area contributed by atoms with Gasteiger partial charge < -0.3 is 19.7 Å². The first kappa shape index (κ1) is 21.4. The average Bonchev–Trinajstić information content (AvgIpc) is 2.70. The lowest BCUT2D eigenvalue weighted by Gasteiger charge is -2.17. The minimum absolute atomic E-state index is 0.0557. The largest absolute Gasteiger partial charge is 0.493 e. The maximum Gasteiger partial charge on any atom is 0.257 e. The van der Waals surface area contributed by atoms with Crippen molar-refractivity contribution in [1.29, 1.82) is 0 Å². The zero-order valence-electron chi connectivity index (χ0n) is 16.7. The lowest BCUT2D eigenvalue weighted by atomic mass is 10.1. The molecule has 6 heteroatoms. The summed E-state index contributed by atoms with van der Waals surface area (Å²) in [5, 5.41) is 2.85. The molecule has 0 aliphatic heterocycles. The highest BCUT2D eigenvalue weighted by atomic mass is 16.5. The molecule has 0 radical (unpaired) electrons. The number of nitrogens with zero attached hydrogens (tertiary/aromatic N) is 1. The molecule has 0 atom stereocenters. The second-order valence-corrected chi connectivity index (χ2v) is 6.64. The molecule has 2 rings (SSSR count). The number of amides is 1. The van der Waals surface area contributed by atoms with E-state index in [2.05, 4.69) is 29.4 Å². The van der Waals surface area contributed by atoms with Gasteiger partial charge in [-0.25, -0.2) is 0 Å². The molecule has 0 saturated heterocycles. The van der Waals surface area contributed by atoms with Crippen molar-refractivity contribution in [3.63, 3.8) is 0 Å². The monoisotopic (exact) mass is 384 g/mol. The molecule has 0 spiro atoms. The molecular weight excluding hydrogens is 356 g/mol. The standard InChI is InChI=1S/C22H28N2O4/c1-17(25)19-10-11-20(21(14-19)27-3)28-16-22(26)23-12-7-13-24(2)15-18-8-5-4-6-9-18/h4-6,8-11,14H,7,12-13,15-16H2,1-3H3,(H,23,26). The van der Waals surface area contributed by atoms with Gasteiger partial charge in [-0.05, 0) is 50.7 Å². The first-order valence-corrected chi connectivity index (χ1v) is 9.30. The summed E-state index contributed by atoms with van der Waals surface area (Å²) in [6.07, 6.45) is 0.853. The number of rotatable bonds is 11. The van der Waals surface area contributed by atoms with E-state index in [1.807, 2.05) is 18.2 Å². The number of nitrogens with one attached hydrogen (secondary N) is 1. The van der Waals surface area contributed by atoms with Gasteiger partial charge in [-0.2, -0.15) is 0 Å². The van der Waals surface area contributed by atoms with E-state index in [0.29, 0.717) is 23.6 Å². The van der Waals surface area contributed by atoms with Gasteiger partial charge in [0.05, 0.1) is 7.11 Å². The summed E-state index contributed by atoms with van der Waals surface area (Å²) < 4.78 is 10.8. The lowest BCUT2D eigenvalue weighted by Crippen LogP contribution is -2.31.